The van der Waals surface area contributed by atoms with Crippen LogP contribution in [0.2, 0.25) is 0 Å². The van der Waals surface area contributed by atoms with Crippen LogP contribution in [0.1, 0.15) is 19.8 Å². The van der Waals surface area contributed by atoms with Gasteiger partial charge in [0, 0.05) is 28.3 Å². The van der Waals surface area contributed by atoms with Crippen molar-refractivity contribution in [3.63, 3.8) is 0 Å². The third kappa shape index (κ3) is 4.36. The van der Waals surface area contributed by atoms with Crippen molar-refractivity contribution in [2.45, 2.75) is 29.9 Å². The third-order valence-corrected chi connectivity index (χ3v) is 5.47. The van der Waals surface area contributed by atoms with Crippen LogP contribution in [-0.4, -0.2) is 23.9 Å². The van der Waals surface area contributed by atoms with Gasteiger partial charge in [-0.05, 0) is 50.1 Å². The van der Waals surface area contributed by atoms with Gasteiger partial charge >= 0.3 is 0 Å². The lowest BCUT2D eigenvalue weighted by molar-refractivity contribution is -0.117. The molecule has 27 heavy (non-hydrogen) atoms. The number of rotatable bonds is 6. The Labute approximate surface area is 161 Å². The van der Waals surface area contributed by atoms with Crippen LogP contribution in [0.25, 0.3) is 0 Å². The maximum Gasteiger partial charge on any atom is 0.237 e. The second-order valence-corrected chi connectivity index (χ2v) is 8.02. The Morgan fingerprint density at radius 1 is 1.04 bits per heavy atom. The Morgan fingerprint density at radius 3 is 2.63 bits per heavy atom. The summed E-state index contributed by atoms with van der Waals surface area (Å²) >= 11 is 1.44. The van der Waals surface area contributed by atoms with Crippen molar-refractivity contribution in [3.8, 4) is 11.5 Å². The second kappa shape index (κ2) is 7.52. The summed E-state index contributed by atoms with van der Waals surface area (Å²) in [7, 11) is 0. The van der Waals surface area contributed by atoms with E-state index in [1.54, 1.807) is 18.2 Å². The number of fused-ring (bicyclic) bond motifs is 1. The number of anilines is 2. The van der Waals surface area contributed by atoms with Gasteiger partial charge in [0.2, 0.25) is 18.6 Å². The molecule has 0 spiro atoms. The third-order valence-electron chi connectivity index (χ3n) is 4.37. The first-order valence-electron chi connectivity index (χ1n) is 8.86. The van der Waals surface area contributed by atoms with Crippen molar-refractivity contribution in [1.82, 2.24) is 0 Å². The zero-order chi connectivity index (χ0) is 18.8. The van der Waals surface area contributed by atoms with Gasteiger partial charge in [0.25, 0.3) is 0 Å². The first-order valence-corrected chi connectivity index (χ1v) is 9.74. The molecular weight excluding hydrogens is 364 g/mol. The number of ether oxygens (including phenoxy) is 2. The van der Waals surface area contributed by atoms with E-state index in [2.05, 4.69) is 10.6 Å². The van der Waals surface area contributed by atoms with Gasteiger partial charge in [-0.25, -0.2) is 0 Å². The SMILES string of the molecule is CC(Sc1cccc(NC(=O)C2CC2)c1)C(=O)Nc1ccc2c(c1)OCO2. The van der Waals surface area contributed by atoms with Crippen LogP contribution in [0.4, 0.5) is 11.4 Å². The fourth-order valence-corrected chi connectivity index (χ4v) is 3.64. The number of hydrogen-bond acceptors (Lipinski definition) is 5. The van der Waals surface area contributed by atoms with Crippen molar-refractivity contribution in [2.75, 3.05) is 17.4 Å². The van der Waals surface area contributed by atoms with Crippen LogP contribution >= 0.6 is 11.8 Å². The van der Waals surface area contributed by atoms with Crippen molar-refractivity contribution in [3.05, 3.63) is 42.5 Å². The quantitative estimate of drug-likeness (QED) is 0.739. The van der Waals surface area contributed by atoms with E-state index in [-0.39, 0.29) is 29.8 Å². The molecule has 2 aromatic carbocycles. The average molecular weight is 384 g/mol. The van der Waals surface area contributed by atoms with Crippen molar-refractivity contribution in [2.24, 2.45) is 5.92 Å². The largest absolute Gasteiger partial charge is 0.454 e. The molecule has 7 heteroatoms. The molecule has 1 unspecified atom stereocenters. The fraction of sp³-hybridized carbons (Fsp3) is 0.300. The predicted molar refractivity (Wildman–Crippen MR) is 104 cm³/mol. The van der Waals surface area contributed by atoms with Crippen LogP contribution < -0.4 is 20.1 Å². The maximum atomic E-state index is 12.5. The molecule has 1 aliphatic carbocycles. The normalized spacial score (nSPS) is 15.9. The molecule has 1 saturated carbocycles. The standard InChI is InChI=1S/C20H20N2O4S/c1-12(19(23)21-15-7-8-17-18(10-15)26-11-25-17)27-16-4-2-3-14(9-16)22-20(24)13-5-6-13/h2-4,7-10,12-13H,5-6,11H2,1H3,(H,21,23)(H,22,24). The maximum absolute atomic E-state index is 12.5. The number of thioether (sulfide) groups is 1. The molecule has 2 aliphatic rings. The van der Waals surface area contributed by atoms with Crippen LogP contribution in [0.15, 0.2) is 47.4 Å². The highest BCUT2D eigenvalue weighted by atomic mass is 32.2. The molecule has 140 valence electrons. The van der Waals surface area contributed by atoms with Crippen LogP contribution in [0.3, 0.4) is 0 Å². The summed E-state index contributed by atoms with van der Waals surface area (Å²) in [5.41, 5.74) is 1.43. The Morgan fingerprint density at radius 2 is 1.81 bits per heavy atom. The predicted octanol–water partition coefficient (Wildman–Crippen LogP) is 3.88. The number of hydrogen-bond donors (Lipinski definition) is 2. The lowest BCUT2D eigenvalue weighted by Crippen LogP contribution is -2.22. The van der Waals surface area contributed by atoms with Gasteiger partial charge in [-0.15, -0.1) is 11.8 Å². The molecule has 1 heterocycles. The molecule has 1 aliphatic heterocycles. The number of nitrogens with one attached hydrogen (secondary N) is 2. The zero-order valence-electron chi connectivity index (χ0n) is 14.9. The molecular formula is C20H20N2O4S. The van der Waals surface area contributed by atoms with E-state index in [0.29, 0.717) is 17.2 Å². The molecule has 0 bridgehead atoms. The van der Waals surface area contributed by atoms with E-state index in [4.69, 9.17) is 9.47 Å². The van der Waals surface area contributed by atoms with Gasteiger partial charge in [0.15, 0.2) is 11.5 Å². The summed E-state index contributed by atoms with van der Waals surface area (Å²) < 4.78 is 10.6. The van der Waals surface area contributed by atoms with Crippen LogP contribution in [0, 0.1) is 5.92 Å². The highest BCUT2D eigenvalue weighted by Crippen LogP contribution is 2.35. The minimum absolute atomic E-state index is 0.0748. The first-order chi connectivity index (χ1) is 13.1. The van der Waals surface area contributed by atoms with Crippen LogP contribution in [-0.2, 0) is 9.59 Å². The number of carbonyl (C=O) groups excluding carboxylic acids is 2. The lowest BCUT2D eigenvalue weighted by atomic mass is 10.2. The van der Waals surface area contributed by atoms with E-state index < -0.39 is 0 Å². The van der Waals surface area contributed by atoms with Gasteiger partial charge in [0.05, 0.1) is 5.25 Å². The highest BCUT2D eigenvalue weighted by molar-refractivity contribution is 8.00. The monoisotopic (exact) mass is 384 g/mol. The fourth-order valence-electron chi connectivity index (χ4n) is 2.71. The van der Waals surface area contributed by atoms with E-state index in [1.807, 2.05) is 31.2 Å². The van der Waals surface area contributed by atoms with Crippen LogP contribution in [0.5, 0.6) is 11.5 Å². The Balaban J connectivity index is 1.36. The second-order valence-electron chi connectivity index (χ2n) is 6.61. The van der Waals surface area contributed by atoms with Gasteiger partial charge in [-0.1, -0.05) is 6.07 Å². The summed E-state index contributed by atoms with van der Waals surface area (Å²) in [5.74, 6) is 1.44. The summed E-state index contributed by atoms with van der Waals surface area (Å²) in [6.07, 6.45) is 1.94. The Hall–Kier alpha value is -2.67. The molecule has 1 atom stereocenters. The Kier molecular flexibility index (Phi) is 4.94. The average Bonchev–Trinajstić information content (AvgIpc) is 3.40. The molecule has 6 nitrogen and oxygen atoms in total. The summed E-state index contributed by atoms with van der Waals surface area (Å²) in [5, 5.41) is 5.53. The van der Waals surface area contributed by atoms with Crippen molar-refractivity contribution < 1.29 is 19.1 Å². The van der Waals surface area contributed by atoms with Gasteiger partial charge < -0.3 is 20.1 Å². The molecule has 2 N–H and O–H groups in total. The minimum atomic E-state index is -0.301. The molecule has 0 radical (unpaired) electrons. The molecule has 0 saturated heterocycles. The zero-order valence-corrected chi connectivity index (χ0v) is 15.7. The van der Waals surface area contributed by atoms with Crippen molar-refractivity contribution >= 4 is 35.0 Å². The first kappa shape index (κ1) is 17.7. The number of benzene rings is 2. The lowest BCUT2D eigenvalue weighted by Gasteiger charge is -2.13. The number of carbonyl (C=O) groups is 2. The van der Waals surface area contributed by atoms with Gasteiger partial charge in [-0.2, -0.15) is 0 Å². The Bertz CT molecular complexity index is 882. The van der Waals surface area contributed by atoms with Crippen molar-refractivity contribution in [1.29, 1.82) is 0 Å². The van der Waals surface area contributed by atoms with E-state index in [0.717, 1.165) is 23.4 Å². The summed E-state index contributed by atoms with van der Waals surface area (Å²) in [6, 6.07) is 12.9. The summed E-state index contributed by atoms with van der Waals surface area (Å²) in [6.45, 7) is 2.05. The van der Waals surface area contributed by atoms with Gasteiger partial charge in [-0.3, -0.25) is 9.59 Å². The minimum Gasteiger partial charge on any atom is -0.454 e. The van der Waals surface area contributed by atoms with E-state index >= 15 is 0 Å². The molecule has 0 aromatic heterocycles. The molecule has 1 fully saturated rings. The summed E-state index contributed by atoms with van der Waals surface area (Å²) in [4.78, 5) is 25.3. The smallest absolute Gasteiger partial charge is 0.237 e. The van der Waals surface area contributed by atoms with Gasteiger partial charge in [0.1, 0.15) is 0 Å². The topological polar surface area (TPSA) is 76.7 Å². The molecule has 2 amide bonds. The van der Waals surface area contributed by atoms with E-state index in [1.165, 1.54) is 11.8 Å². The number of amides is 2. The molecule has 4 rings (SSSR count). The molecule has 2 aromatic rings. The van der Waals surface area contributed by atoms with E-state index in [9.17, 15) is 9.59 Å². The highest BCUT2D eigenvalue weighted by Gasteiger charge is 2.29.